The Labute approximate surface area is 159 Å². The summed E-state index contributed by atoms with van der Waals surface area (Å²) in [5.41, 5.74) is 3.88. The zero-order chi connectivity index (χ0) is 19.1. The first kappa shape index (κ1) is 18.0. The van der Waals surface area contributed by atoms with Crippen LogP contribution in [0.1, 0.15) is 36.3 Å². The van der Waals surface area contributed by atoms with Gasteiger partial charge in [0, 0.05) is 43.9 Å². The van der Waals surface area contributed by atoms with Crippen molar-refractivity contribution in [2.24, 2.45) is 5.92 Å². The summed E-state index contributed by atoms with van der Waals surface area (Å²) < 4.78 is 3.83. The number of rotatable bonds is 4. The highest BCUT2D eigenvalue weighted by Crippen LogP contribution is 2.34. The zero-order valence-electron chi connectivity index (χ0n) is 16.2. The molecule has 2 aromatic heterocycles. The smallest absolute Gasteiger partial charge is 0.250 e. The van der Waals surface area contributed by atoms with Gasteiger partial charge in [-0.25, -0.2) is 0 Å². The maximum atomic E-state index is 12.7. The van der Waals surface area contributed by atoms with Crippen LogP contribution in [0.3, 0.4) is 0 Å². The number of piperidine rings is 1. The third-order valence-corrected chi connectivity index (χ3v) is 5.87. The lowest BCUT2D eigenvalue weighted by Gasteiger charge is -2.42. The highest BCUT2D eigenvalue weighted by atomic mass is 16.2. The summed E-state index contributed by atoms with van der Waals surface area (Å²) in [6, 6.07) is 5.53. The van der Waals surface area contributed by atoms with Gasteiger partial charge < -0.3 is 9.88 Å². The van der Waals surface area contributed by atoms with Gasteiger partial charge in [-0.05, 0) is 39.2 Å². The number of carbonyl (C=O) groups is 1. The van der Waals surface area contributed by atoms with E-state index >= 15 is 0 Å². The molecule has 0 aliphatic carbocycles. The first-order valence-electron chi connectivity index (χ1n) is 9.72. The average molecular weight is 369 g/mol. The molecule has 2 aliphatic heterocycles. The van der Waals surface area contributed by atoms with Gasteiger partial charge in [0.25, 0.3) is 5.56 Å². The summed E-state index contributed by atoms with van der Waals surface area (Å²) in [6.45, 7) is 9.55. The number of nitrogens with one attached hydrogen (secondary N) is 1. The molecule has 1 N–H and O–H groups in total. The van der Waals surface area contributed by atoms with E-state index in [2.05, 4.69) is 21.4 Å². The Balaban J connectivity index is 1.45. The summed E-state index contributed by atoms with van der Waals surface area (Å²) in [6.07, 6.45) is 1.10. The Morgan fingerprint density at radius 1 is 1.26 bits per heavy atom. The highest BCUT2D eigenvalue weighted by molar-refractivity contribution is 5.93. The lowest BCUT2D eigenvalue weighted by atomic mass is 9.83. The normalized spacial score (nSPS) is 21.7. The van der Waals surface area contributed by atoms with Crippen LogP contribution < -0.4 is 10.9 Å². The molecule has 1 saturated heterocycles. The molecule has 0 aromatic carbocycles. The molecular formula is C20H27N5O2. The fraction of sp³-hybridized carbons (Fsp3) is 0.550. The number of carbonyl (C=O) groups excluding carboxylic acids is 1. The second kappa shape index (κ2) is 6.96. The predicted molar refractivity (Wildman–Crippen MR) is 104 cm³/mol. The topological polar surface area (TPSA) is 72.2 Å². The molecule has 0 saturated carbocycles. The molecule has 27 heavy (non-hydrogen) atoms. The van der Waals surface area contributed by atoms with Crippen molar-refractivity contribution in [1.82, 2.24) is 19.2 Å². The van der Waals surface area contributed by atoms with Crippen LogP contribution in [0.15, 0.2) is 23.0 Å². The van der Waals surface area contributed by atoms with E-state index < -0.39 is 0 Å². The van der Waals surface area contributed by atoms with E-state index in [0.29, 0.717) is 18.4 Å². The second-order valence-corrected chi connectivity index (χ2v) is 7.80. The first-order chi connectivity index (χ1) is 13.0. The van der Waals surface area contributed by atoms with Gasteiger partial charge in [-0.2, -0.15) is 5.10 Å². The zero-order valence-corrected chi connectivity index (χ0v) is 16.2. The van der Waals surface area contributed by atoms with Crippen LogP contribution in [0, 0.1) is 19.8 Å². The van der Waals surface area contributed by atoms with Crippen LogP contribution in [0.5, 0.6) is 0 Å². The van der Waals surface area contributed by atoms with Crippen molar-refractivity contribution >= 4 is 11.6 Å². The number of aromatic nitrogens is 3. The quantitative estimate of drug-likeness (QED) is 0.891. The van der Waals surface area contributed by atoms with Crippen molar-refractivity contribution in [3.05, 3.63) is 45.6 Å². The standard InChI is InChI=1S/C20H27N5O2/c1-4-25-14(3)20(13(2)22-25)21-18(26)12-23-9-15-8-16(11-23)17-6-5-7-19(27)24(17)10-15/h5-7,15-16H,4,8-12H2,1-3H3,(H,21,26)/t15-,16+/m1/s1. The van der Waals surface area contributed by atoms with Crippen LogP contribution in [-0.4, -0.2) is 44.8 Å². The molecule has 2 atom stereocenters. The minimum Gasteiger partial charge on any atom is -0.322 e. The van der Waals surface area contributed by atoms with Gasteiger partial charge in [0.2, 0.25) is 5.91 Å². The number of fused-ring (bicyclic) bond motifs is 4. The van der Waals surface area contributed by atoms with E-state index in [9.17, 15) is 9.59 Å². The average Bonchev–Trinajstić information content (AvgIpc) is 2.90. The van der Waals surface area contributed by atoms with E-state index in [4.69, 9.17) is 0 Å². The Kier molecular flexibility index (Phi) is 4.63. The lowest BCUT2D eigenvalue weighted by Crippen LogP contribution is -2.49. The van der Waals surface area contributed by atoms with Gasteiger partial charge >= 0.3 is 0 Å². The Hall–Kier alpha value is -2.41. The van der Waals surface area contributed by atoms with Crippen molar-refractivity contribution in [2.75, 3.05) is 25.0 Å². The van der Waals surface area contributed by atoms with Gasteiger partial charge in [0.15, 0.2) is 0 Å². The fourth-order valence-corrected chi connectivity index (χ4v) is 4.69. The summed E-state index contributed by atoms with van der Waals surface area (Å²) in [7, 11) is 0. The molecule has 0 spiro atoms. The van der Waals surface area contributed by atoms with Gasteiger partial charge in [0.1, 0.15) is 0 Å². The van der Waals surface area contributed by atoms with Crippen molar-refractivity contribution in [1.29, 1.82) is 0 Å². The van der Waals surface area contributed by atoms with E-state index in [1.807, 2.05) is 36.1 Å². The minimum atomic E-state index is 0.00211. The summed E-state index contributed by atoms with van der Waals surface area (Å²) in [4.78, 5) is 27.0. The lowest BCUT2D eigenvalue weighted by molar-refractivity contribution is -0.118. The Bertz CT molecular complexity index is 929. The third kappa shape index (κ3) is 3.32. The molecule has 7 heteroatoms. The van der Waals surface area contributed by atoms with Gasteiger partial charge in [0.05, 0.1) is 23.6 Å². The Morgan fingerprint density at radius 2 is 2.07 bits per heavy atom. The number of likely N-dealkylation sites (tertiary alicyclic amines) is 1. The molecular weight excluding hydrogens is 342 g/mol. The van der Waals surface area contributed by atoms with E-state index in [1.54, 1.807) is 6.07 Å². The molecule has 1 fully saturated rings. The largest absolute Gasteiger partial charge is 0.322 e. The molecule has 1 amide bonds. The minimum absolute atomic E-state index is 0.00211. The molecule has 2 aliphatic rings. The highest BCUT2D eigenvalue weighted by Gasteiger charge is 2.35. The number of amides is 1. The molecule has 0 unspecified atom stereocenters. The summed E-state index contributed by atoms with van der Waals surface area (Å²) in [5, 5.41) is 7.52. The van der Waals surface area contributed by atoms with Gasteiger partial charge in [-0.3, -0.25) is 19.2 Å². The maximum Gasteiger partial charge on any atom is 0.250 e. The van der Waals surface area contributed by atoms with E-state index in [-0.39, 0.29) is 11.5 Å². The van der Waals surface area contributed by atoms with Crippen LogP contribution in [0.25, 0.3) is 0 Å². The molecule has 2 aromatic rings. The number of anilines is 1. The molecule has 4 rings (SSSR count). The van der Waals surface area contributed by atoms with Gasteiger partial charge in [-0.15, -0.1) is 0 Å². The van der Waals surface area contributed by atoms with E-state index in [1.165, 1.54) is 0 Å². The molecule has 0 radical (unpaired) electrons. The van der Waals surface area contributed by atoms with Crippen LogP contribution >= 0.6 is 0 Å². The second-order valence-electron chi connectivity index (χ2n) is 7.80. The SMILES string of the molecule is CCn1nc(C)c(NC(=O)CN2C[C@H]3C[C@@H](C2)c2cccc(=O)n2C3)c1C. The monoisotopic (exact) mass is 369 g/mol. The van der Waals surface area contributed by atoms with Crippen LogP contribution in [0.4, 0.5) is 5.69 Å². The van der Waals surface area contributed by atoms with E-state index in [0.717, 1.165) is 55.4 Å². The Morgan fingerprint density at radius 3 is 2.81 bits per heavy atom. The number of nitrogens with zero attached hydrogens (tertiary/aromatic N) is 4. The molecule has 2 bridgehead atoms. The molecule has 7 nitrogen and oxygen atoms in total. The first-order valence-corrected chi connectivity index (χ1v) is 9.72. The van der Waals surface area contributed by atoms with Crippen molar-refractivity contribution < 1.29 is 4.79 Å². The van der Waals surface area contributed by atoms with Crippen molar-refractivity contribution in [3.63, 3.8) is 0 Å². The van der Waals surface area contributed by atoms with Crippen LogP contribution in [0.2, 0.25) is 0 Å². The maximum absolute atomic E-state index is 12.7. The van der Waals surface area contributed by atoms with Gasteiger partial charge in [-0.1, -0.05) is 6.07 Å². The number of hydrogen-bond donors (Lipinski definition) is 1. The van der Waals surface area contributed by atoms with Crippen molar-refractivity contribution in [2.45, 2.75) is 46.2 Å². The predicted octanol–water partition coefficient (Wildman–Crippen LogP) is 1.74. The fourth-order valence-electron chi connectivity index (χ4n) is 4.69. The summed E-state index contributed by atoms with van der Waals surface area (Å²) >= 11 is 0. The van der Waals surface area contributed by atoms with Crippen molar-refractivity contribution in [3.8, 4) is 0 Å². The van der Waals surface area contributed by atoms with Crippen LogP contribution in [-0.2, 0) is 17.9 Å². The number of hydrogen-bond acceptors (Lipinski definition) is 4. The third-order valence-electron chi connectivity index (χ3n) is 5.87. The number of pyridine rings is 1. The molecule has 144 valence electrons. The molecule has 4 heterocycles. The summed E-state index contributed by atoms with van der Waals surface area (Å²) in [5.74, 6) is 0.753. The number of aryl methyl sites for hydroxylation is 2.